The van der Waals surface area contributed by atoms with Crippen LogP contribution in [0.4, 0.5) is 0 Å². The molecule has 6 heteroatoms. The van der Waals surface area contributed by atoms with Gasteiger partial charge in [0.15, 0.2) is 5.69 Å². The van der Waals surface area contributed by atoms with Crippen molar-refractivity contribution in [2.45, 2.75) is 6.92 Å². The summed E-state index contributed by atoms with van der Waals surface area (Å²) in [6.07, 6.45) is 1.57. The molecule has 5 aromatic rings. The Morgan fingerprint density at radius 2 is 1.71 bits per heavy atom. The van der Waals surface area contributed by atoms with Crippen molar-refractivity contribution in [2.75, 3.05) is 0 Å². The Hall–Kier alpha value is -4.22. The summed E-state index contributed by atoms with van der Waals surface area (Å²) in [5.41, 5.74) is 7.49. The average Bonchev–Trinajstić information content (AvgIpc) is 3.30. The molecule has 166 valence electrons. The molecule has 5 nitrogen and oxygen atoms in total. The predicted molar refractivity (Wildman–Crippen MR) is 138 cm³/mol. The number of nitrogens with one attached hydrogen (secondary N) is 1. The largest absolute Gasteiger partial charge is 0.291 e. The number of hydrogen-bond acceptors (Lipinski definition) is 3. The van der Waals surface area contributed by atoms with E-state index in [2.05, 4.69) is 33.8 Å². The van der Waals surface area contributed by atoms with Crippen molar-refractivity contribution in [2.24, 2.45) is 5.10 Å². The van der Waals surface area contributed by atoms with Crippen LogP contribution in [0, 0.1) is 6.92 Å². The van der Waals surface area contributed by atoms with E-state index in [0.717, 1.165) is 38.8 Å². The van der Waals surface area contributed by atoms with E-state index in [1.807, 2.05) is 72.3 Å². The number of aromatic nitrogens is 2. The van der Waals surface area contributed by atoms with Gasteiger partial charge in [-0.1, -0.05) is 78.3 Å². The normalized spacial score (nSPS) is 11.2. The molecule has 1 aromatic heterocycles. The number of halogens is 1. The summed E-state index contributed by atoms with van der Waals surface area (Å²) in [5.74, 6) is -0.391. The Morgan fingerprint density at radius 3 is 2.53 bits per heavy atom. The molecule has 0 aliphatic heterocycles. The van der Waals surface area contributed by atoms with Crippen LogP contribution in [0.2, 0.25) is 5.02 Å². The summed E-state index contributed by atoms with van der Waals surface area (Å²) >= 11 is 5.92. The highest BCUT2D eigenvalue weighted by Crippen LogP contribution is 2.31. The molecule has 34 heavy (non-hydrogen) atoms. The second-order valence-corrected chi connectivity index (χ2v) is 8.38. The van der Waals surface area contributed by atoms with Gasteiger partial charge in [0.05, 0.1) is 17.6 Å². The molecule has 1 heterocycles. The highest BCUT2D eigenvalue weighted by atomic mass is 35.5. The quantitative estimate of drug-likeness (QED) is 0.241. The standard InChI is InChI=1S/C28H21ClN4O/c1-19-6-4-9-23(16-19)33-27(25-11-5-8-21-7-2-3-10-24(21)25)17-26(32-33)28(34)31-30-18-20-12-14-22(29)15-13-20/h2-18H,1H3,(H,31,34)/b30-18-. The van der Waals surface area contributed by atoms with Crippen molar-refractivity contribution in [3.05, 3.63) is 119 Å². The zero-order valence-corrected chi connectivity index (χ0v) is 19.2. The third-order valence-electron chi connectivity index (χ3n) is 5.50. The van der Waals surface area contributed by atoms with Crippen LogP contribution in [-0.2, 0) is 0 Å². The first kappa shape index (κ1) is 21.6. The molecule has 0 bridgehead atoms. The maximum atomic E-state index is 12.9. The maximum Gasteiger partial charge on any atom is 0.291 e. The van der Waals surface area contributed by atoms with Gasteiger partial charge in [-0.05, 0) is 59.2 Å². The number of rotatable bonds is 5. The molecule has 0 saturated carbocycles. The van der Waals surface area contributed by atoms with Crippen molar-refractivity contribution in [1.29, 1.82) is 0 Å². The highest BCUT2D eigenvalue weighted by Gasteiger charge is 2.18. The van der Waals surface area contributed by atoms with Crippen LogP contribution in [0.5, 0.6) is 0 Å². The van der Waals surface area contributed by atoms with E-state index in [4.69, 9.17) is 11.6 Å². The Morgan fingerprint density at radius 1 is 0.941 bits per heavy atom. The van der Waals surface area contributed by atoms with Crippen LogP contribution in [0.25, 0.3) is 27.7 Å². The van der Waals surface area contributed by atoms with Crippen molar-refractivity contribution in [1.82, 2.24) is 15.2 Å². The first-order valence-electron chi connectivity index (χ1n) is 10.8. The van der Waals surface area contributed by atoms with E-state index >= 15 is 0 Å². The number of aryl methyl sites for hydroxylation is 1. The molecule has 0 atom stereocenters. The Kier molecular flexibility index (Phi) is 5.93. The molecule has 0 fully saturated rings. The predicted octanol–water partition coefficient (Wildman–Crippen LogP) is 6.42. The molecule has 0 saturated heterocycles. The van der Waals surface area contributed by atoms with Gasteiger partial charge in [-0.2, -0.15) is 10.2 Å². The fourth-order valence-electron chi connectivity index (χ4n) is 3.86. The summed E-state index contributed by atoms with van der Waals surface area (Å²) in [5, 5.41) is 11.6. The van der Waals surface area contributed by atoms with Crippen LogP contribution in [0.3, 0.4) is 0 Å². The third-order valence-corrected chi connectivity index (χ3v) is 5.76. The number of nitrogens with zero attached hydrogens (tertiary/aromatic N) is 3. The minimum absolute atomic E-state index is 0.276. The van der Waals surface area contributed by atoms with Crippen LogP contribution in [0.1, 0.15) is 21.6 Å². The third kappa shape index (κ3) is 4.47. The van der Waals surface area contributed by atoms with Gasteiger partial charge in [-0.15, -0.1) is 0 Å². The lowest BCUT2D eigenvalue weighted by molar-refractivity contribution is 0.0949. The Bertz CT molecular complexity index is 1510. The lowest BCUT2D eigenvalue weighted by Gasteiger charge is -2.10. The Labute approximate surface area is 202 Å². The molecule has 0 radical (unpaired) electrons. The van der Waals surface area contributed by atoms with Crippen molar-refractivity contribution < 1.29 is 4.79 Å². The van der Waals surface area contributed by atoms with E-state index in [9.17, 15) is 4.79 Å². The topological polar surface area (TPSA) is 59.3 Å². The number of carbonyl (C=O) groups is 1. The molecule has 1 amide bonds. The highest BCUT2D eigenvalue weighted by molar-refractivity contribution is 6.30. The molecule has 0 spiro atoms. The van der Waals surface area contributed by atoms with E-state index in [0.29, 0.717) is 5.02 Å². The number of hydrazone groups is 1. The minimum Gasteiger partial charge on any atom is -0.265 e. The van der Waals surface area contributed by atoms with Crippen LogP contribution >= 0.6 is 11.6 Å². The van der Waals surface area contributed by atoms with Gasteiger partial charge in [-0.25, -0.2) is 10.1 Å². The zero-order valence-electron chi connectivity index (χ0n) is 18.4. The molecule has 0 unspecified atom stereocenters. The van der Waals surface area contributed by atoms with Gasteiger partial charge >= 0.3 is 0 Å². The molecule has 1 N–H and O–H groups in total. The SMILES string of the molecule is Cc1cccc(-n2nc(C(=O)N/N=C\c3ccc(Cl)cc3)cc2-c2cccc3ccccc23)c1. The van der Waals surface area contributed by atoms with E-state index in [1.54, 1.807) is 24.4 Å². The first-order chi connectivity index (χ1) is 16.6. The fourth-order valence-corrected chi connectivity index (χ4v) is 3.99. The number of amides is 1. The van der Waals surface area contributed by atoms with Gasteiger partial charge in [0.25, 0.3) is 5.91 Å². The number of carbonyl (C=O) groups excluding carboxylic acids is 1. The molecule has 5 rings (SSSR count). The second kappa shape index (κ2) is 9.33. The lowest BCUT2D eigenvalue weighted by atomic mass is 10.0. The van der Waals surface area contributed by atoms with Crippen LogP contribution in [-0.4, -0.2) is 21.9 Å². The molecular weight excluding hydrogens is 444 g/mol. The summed E-state index contributed by atoms with van der Waals surface area (Å²) in [4.78, 5) is 12.9. The van der Waals surface area contributed by atoms with Crippen LogP contribution in [0.15, 0.2) is 102 Å². The summed E-state index contributed by atoms with van der Waals surface area (Å²) in [6.45, 7) is 2.03. The Balaban J connectivity index is 1.54. The lowest BCUT2D eigenvalue weighted by Crippen LogP contribution is -2.18. The van der Waals surface area contributed by atoms with Crippen molar-refractivity contribution in [3.8, 4) is 16.9 Å². The van der Waals surface area contributed by atoms with Crippen molar-refractivity contribution >= 4 is 34.5 Å². The minimum atomic E-state index is -0.391. The van der Waals surface area contributed by atoms with Gasteiger partial charge in [-0.3, -0.25) is 4.79 Å². The smallest absolute Gasteiger partial charge is 0.265 e. The molecule has 4 aromatic carbocycles. The van der Waals surface area contributed by atoms with Gasteiger partial charge in [0.2, 0.25) is 0 Å². The number of fused-ring (bicyclic) bond motifs is 1. The molecule has 0 aliphatic carbocycles. The number of benzene rings is 4. The van der Waals surface area contributed by atoms with E-state index < -0.39 is 5.91 Å². The molecule has 0 aliphatic rings. The van der Waals surface area contributed by atoms with E-state index in [-0.39, 0.29) is 5.69 Å². The van der Waals surface area contributed by atoms with Gasteiger partial charge in [0, 0.05) is 10.6 Å². The van der Waals surface area contributed by atoms with Gasteiger partial charge < -0.3 is 0 Å². The summed E-state index contributed by atoms with van der Waals surface area (Å²) in [6, 6.07) is 31.3. The van der Waals surface area contributed by atoms with Gasteiger partial charge in [0.1, 0.15) is 0 Å². The average molecular weight is 465 g/mol. The second-order valence-electron chi connectivity index (χ2n) is 7.94. The summed E-state index contributed by atoms with van der Waals surface area (Å²) in [7, 11) is 0. The summed E-state index contributed by atoms with van der Waals surface area (Å²) < 4.78 is 1.81. The van der Waals surface area contributed by atoms with Crippen molar-refractivity contribution in [3.63, 3.8) is 0 Å². The first-order valence-corrected chi connectivity index (χ1v) is 11.2. The maximum absolute atomic E-state index is 12.9. The zero-order chi connectivity index (χ0) is 23.5. The van der Waals surface area contributed by atoms with Crippen LogP contribution < -0.4 is 5.43 Å². The fraction of sp³-hybridized carbons (Fsp3) is 0.0357. The van der Waals surface area contributed by atoms with E-state index in [1.165, 1.54) is 0 Å². The number of hydrogen-bond donors (Lipinski definition) is 1. The monoisotopic (exact) mass is 464 g/mol. The molecular formula is C28H21ClN4O.